The molecule has 1 aliphatic carbocycles. The van der Waals surface area contributed by atoms with E-state index in [2.05, 4.69) is 16.5 Å². The number of nitrogens with zero attached hydrogens (tertiary/aromatic N) is 2. The molecular weight excluding hydrogens is 308 g/mol. The van der Waals surface area contributed by atoms with Gasteiger partial charge in [0.15, 0.2) is 5.69 Å². The Morgan fingerprint density at radius 2 is 2.24 bits per heavy atom. The molecule has 1 aliphatic rings. The van der Waals surface area contributed by atoms with Crippen LogP contribution in [0.3, 0.4) is 0 Å². The third-order valence-electron chi connectivity index (χ3n) is 3.86. The van der Waals surface area contributed by atoms with Crippen LogP contribution in [0.15, 0.2) is 11.4 Å². The summed E-state index contributed by atoms with van der Waals surface area (Å²) in [4.78, 5) is 12.6. The summed E-state index contributed by atoms with van der Waals surface area (Å²) in [5.74, 6) is -0.252. The van der Waals surface area contributed by atoms with Crippen molar-refractivity contribution in [2.24, 2.45) is 0 Å². The normalized spacial score (nSPS) is 13.0. The topological polar surface area (TPSA) is 55.1 Å². The SMILES string of the molecule is O=C(O)c1nn(CCCCCCl)c2c1CCc1ccsc1-2. The number of unbranched alkanes of at least 4 members (excludes halogenated alkanes) is 2. The Morgan fingerprint density at radius 3 is 3.00 bits per heavy atom. The number of hydrogen-bond donors (Lipinski definition) is 1. The maximum absolute atomic E-state index is 11.4. The first-order chi connectivity index (χ1) is 10.2. The third kappa shape index (κ3) is 2.72. The molecule has 112 valence electrons. The molecule has 2 heterocycles. The fourth-order valence-electron chi connectivity index (χ4n) is 2.86. The van der Waals surface area contributed by atoms with E-state index in [-0.39, 0.29) is 5.69 Å². The molecule has 0 aliphatic heterocycles. The molecular formula is C15H17ClN2O2S. The first-order valence-electron chi connectivity index (χ1n) is 7.18. The van der Waals surface area contributed by atoms with Crippen molar-refractivity contribution in [1.82, 2.24) is 9.78 Å². The molecule has 21 heavy (non-hydrogen) atoms. The van der Waals surface area contributed by atoms with E-state index in [1.165, 1.54) is 10.4 Å². The lowest BCUT2D eigenvalue weighted by molar-refractivity contribution is 0.0688. The highest BCUT2D eigenvalue weighted by Crippen LogP contribution is 2.39. The summed E-state index contributed by atoms with van der Waals surface area (Å²) < 4.78 is 1.89. The van der Waals surface area contributed by atoms with Crippen molar-refractivity contribution in [3.8, 4) is 10.6 Å². The van der Waals surface area contributed by atoms with Crippen molar-refractivity contribution in [2.75, 3.05) is 5.88 Å². The number of carboxylic acids is 1. The monoisotopic (exact) mass is 324 g/mol. The molecule has 4 nitrogen and oxygen atoms in total. The summed E-state index contributed by atoms with van der Waals surface area (Å²) in [6.45, 7) is 0.754. The van der Waals surface area contributed by atoms with Gasteiger partial charge in [0.25, 0.3) is 0 Å². The molecule has 0 atom stereocenters. The Morgan fingerprint density at radius 1 is 1.38 bits per heavy atom. The summed E-state index contributed by atoms with van der Waals surface area (Å²) >= 11 is 7.37. The number of carboxylic acid groups (broad SMARTS) is 1. The molecule has 1 N–H and O–H groups in total. The van der Waals surface area contributed by atoms with Gasteiger partial charge in [-0.2, -0.15) is 5.10 Å². The molecule has 0 radical (unpaired) electrons. The van der Waals surface area contributed by atoms with Gasteiger partial charge in [-0.3, -0.25) is 4.68 Å². The van der Waals surface area contributed by atoms with Crippen LogP contribution in [-0.2, 0) is 19.4 Å². The Hall–Kier alpha value is -1.33. The lowest BCUT2D eigenvalue weighted by atomic mass is 9.95. The number of rotatable bonds is 6. The van der Waals surface area contributed by atoms with Crippen LogP contribution in [0.4, 0.5) is 0 Å². The quantitative estimate of drug-likeness (QED) is 0.649. The van der Waals surface area contributed by atoms with Crippen LogP contribution < -0.4 is 0 Å². The minimum atomic E-state index is -0.925. The van der Waals surface area contributed by atoms with Gasteiger partial charge in [0.05, 0.1) is 10.6 Å². The van der Waals surface area contributed by atoms with Gasteiger partial charge in [-0.25, -0.2) is 4.79 Å². The van der Waals surface area contributed by atoms with Crippen molar-refractivity contribution in [2.45, 2.75) is 38.6 Å². The van der Waals surface area contributed by atoms with E-state index in [4.69, 9.17) is 11.6 Å². The van der Waals surface area contributed by atoms with Crippen LogP contribution in [0.1, 0.15) is 40.9 Å². The average molecular weight is 325 g/mol. The van der Waals surface area contributed by atoms with Gasteiger partial charge in [0.2, 0.25) is 0 Å². The molecule has 0 aromatic carbocycles. The first-order valence-corrected chi connectivity index (χ1v) is 8.59. The highest BCUT2D eigenvalue weighted by molar-refractivity contribution is 7.13. The average Bonchev–Trinajstić information content (AvgIpc) is 3.07. The number of fused-ring (bicyclic) bond motifs is 3. The van der Waals surface area contributed by atoms with Gasteiger partial charge >= 0.3 is 5.97 Å². The lowest BCUT2D eigenvalue weighted by Crippen LogP contribution is -2.07. The number of aromatic carboxylic acids is 1. The van der Waals surface area contributed by atoms with Crippen molar-refractivity contribution in [3.63, 3.8) is 0 Å². The van der Waals surface area contributed by atoms with Gasteiger partial charge in [-0.05, 0) is 42.7 Å². The van der Waals surface area contributed by atoms with E-state index in [1.807, 2.05) is 4.68 Å². The molecule has 0 bridgehead atoms. The predicted molar refractivity (Wildman–Crippen MR) is 84.5 cm³/mol. The minimum absolute atomic E-state index is 0.224. The van der Waals surface area contributed by atoms with Crippen molar-refractivity contribution >= 4 is 28.9 Å². The molecule has 0 saturated heterocycles. The number of carbonyl (C=O) groups is 1. The Bertz CT molecular complexity index is 663. The van der Waals surface area contributed by atoms with Crippen LogP contribution in [0.2, 0.25) is 0 Å². The molecule has 0 fully saturated rings. The van der Waals surface area contributed by atoms with Crippen molar-refractivity contribution < 1.29 is 9.90 Å². The summed E-state index contributed by atoms with van der Waals surface area (Å²) in [6, 6.07) is 2.13. The number of hydrogen-bond acceptors (Lipinski definition) is 3. The summed E-state index contributed by atoms with van der Waals surface area (Å²) in [5, 5.41) is 15.8. The van der Waals surface area contributed by atoms with E-state index in [0.29, 0.717) is 5.88 Å². The maximum atomic E-state index is 11.4. The second-order valence-electron chi connectivity index (χ2n) is 5.23. The molecule has 2 aromatic rings. The van der Waals surface area contributed by atoms with Crippen LogP contribution in [0.5, 0.6) is 0 Å². The highest BCUT2D eigenvalue weighted by Gasteiger charge is 2.28. The molecule has 2 aromatic heterocycles. The Balaban J connectivity index is 1.95. The van der Waals surface area contributed by atoms with E-state index in [0.717, 1.165) is 49.9 Å². The second kappa shape index (κ2) is 6.20. The molecule has 0 amide bonds. The van der Waals surface area contributed by atoms with Crippen LogP contribution in [0.25, 0.3) is 10.6 Å². The zero-order chi connectivity index (χ0) is 14.8. The third-order valence-corrected chi connectivity index (χ3v) is 5.09. The lowest BCUT2D eigenvalue weighted by Gasteiger charge is -2.14. The van der Waals surface area contributed by atoms with Gasteiger partial charge in [-0.15, -0.1) is 22.9 Å². The van der Waals surface area contributed by atoms with Crippen molar-refractivity contribution in [3.05, 3.63) is 28.3 Å². The van der Waals surface area contributed by atoms with E-state index in [9.17, 15) is 9.90 Å². The highest BCUT2D eigenvalue weighted by atomic mass is 35.5. The fraction of sp³-hybridized carbons (Fsp3) is 0.467. The van der Waals surface area contributed by atoms with Crippen LogP contribution >= 0.6 is 22.9 Å². The number of alkyl halides is 1. The smallest absolute Gasteiger partial charge is 0.356 e. The number of aryl methyl sites for hydroxylation is 2. The zero-order valence-corrected chi connectivity index (χ0v) is 13.2. The van der Waals surface area contributed by atoms with Gasteiger partial charge in [-0.1, -0.05) is 6.42 Å². The number of halogens is 1. The van der Waals surface area contributed by atoms with Crippen LogP contribution in [-0.4, -0.2) is 26.7 Å². The second-order valence-corrected chi connectivity index (χ2v) is 6.52. The largest absolute Gasteiger partial charge is 0.476 e. The number of thiophene rings is 1. The predicted octanol–water partition coefficient (Wildman–Crippen LogP) is 3.82. The maximum Gasteiger partial charge on any atom is 0.356 e. The van der Waals surface area contributed by atoms with Crippen molar-refractivity contribution in [1.29, 1.82) is 0 Å². The Kier molecular flexibility index (Phi) is 4.31. The standard InChI is InChI=1S/C15H17ClN2O2S/c16-7-2-1-3-8-18-13-11(12(17-18)15(19)20)5-4-10-6-9-21-14(10)13/h6,9H,1-5,7-8H2,(H,19,20). The van der Waals surface area contributed by atoms with Crippen LogP contribution in [0, 0.1) is 0 Å². The zero-order valence-electron chi connectivity index (χ0n) is 11.6. The molecule has 3 rings (SSSR count). The fourth-order valence-corrected chi connectivity index (χ4v) is 4.08. The van der Waals surface area contributed by atoms with Gasteiger partial charge in [0, 0.05) is 18.0 Å². The summed E-state index contributed by atoms with van der Waals surface area (Å²) in [7, 11) is 0. The van der Waals surface area contributed by atoms with E-state index >= 15 is 0 Å². The Labute approximate surface area is 132 Å². The summed E-state index contributed by atoms with van der Waals surface area (Å²) in [6.07, 6.45) is 4.67. The van der Waals surface area contributed by atoms with E-state index in [1.54, 1.807) is 11.3 Å². The number of aromatic nitrogens is 2. The summed E-state index contributed by atoms with van der Waals surface area (Å²) in [5.41, 5.74) is 3.46. The van der Waals surface area contributed by atoms with Gasteiger partial charge in [0.1, 0.15) is 0 Å². The van der Waals surface area contributed by atoms with E-state index < -0.39 is 5.97 Å². The van der Waals surface area contributed by atoms with Gasteiger partial charge < -0.3 is 5.11 Å². The minimum Gasteiger partial charge on any atom is -0.476 e. The molecule has 6 heteroatoms. The molecule has 0 unspecified atom stereocenters. The first kappa shape index (κ1) is 14.6. The molecule has 0 spiro atoms. The molecule has 0 saturated carbocycles.